The van der Waals surface area contributed by atoms with Crippen LogP contribution in [0.5, 0.6) is 0 Å². The van der Waals surface area contributed by atoms with Gasteiger partial charge in [0.15, 0.2) is 0 Å². The van der Waals surface area contributed by atoms with Gasteiger partial charge in [0.1, 0.15) is 5.54 Å². The van der Waals surface area contributed by atoms with Crippen LogP contribution in [-0.2, 0) is 0 Å². The Hall–Kier alpha value is -0.250. The Morgan fingerprint density at radius 2 is 1.75 bits per heavy atom. The van der Waals surface area contributed by atoms with E-state index in [-0.39, 0.29) is 18.9 Å². The molecule has 4 heteroatoms. The Labute approximate surface area is 94.8 Å². The van der Waals surface area contributed by atoms with E-state index in [0.29, 0.717) is 5.92 Å². The highest BCUT2D eigenvalue weighted by atomic mass is 19.4. The van der Waals surface area contributed by atoms with Gasteiger partial charge < -0.3 is 5.32 Å². The van der Waals surface area contributed by atoms with Gasteiger partial charge in [0.2, 0.25) is 0 Å². The first-order chi connectivity index (χ1) is 7.43. The van der Waals surface area contributed by atoms with Gasteiger partial charge in [0.05, 0.1) is 0 Å². The minimum atomic E-state index is -4.06. The summed E-state index contributed by atoms with van der Waals surface area (Å²) in [6.45, 7) is 2.19. The Morgan fingerprint density at radius 3 is 2.31 bits per heavy atom. The van der Waals surface area contributed by atoms with Crippen LogP contribution in [0.2, 0.25) is 0 Å². The molecule has 0 amide bonds. The molecule has 1 N–H and O–H groups in total. The molecule has 2 fully saturated rings. The number of halogens is 3. The molecule has 0 heterocycles. The summed E-state index contributed by atoms with van der Waals surface area (Å²) >= 11 is 0. The average molecular weight is 235 g/mol. The monoisotopic (exact) mass is 235 g/mol. The predicted octanol–water partition coefficient (Wildman–Crippen LogP) is 3.64. The molecule has 2 saturated carbocycles. The van der Waals surface area contributed by atoms with Gasteiger partial charge in [-0.3, -0.25) is 0 Å². The van der Waals surface area contributed by atoms with Crippen molar-refractivity contribution in [2.45, 2.75) is 69.6 Å². The van der Waals surface area contributed by atoms with Gasteiger partial charge in [-0.15, -0.1) is 0 Å². The van der Waals surface area contributed by atoms with Crippen molar-refractivity contribution >= 4 is 0 Å². The van der Waals surface area contributed by atoms with Crippen molar-refractivity contribution in [1.29, 1.82) is 0 Å². The first-order valence-electron chi connectivity index (χ1n) is 6.27. The van der Waals surface area contributed by atoms with Crippen LogP contribution < -0.4 is 5.32 Å². The van der Waals surface area contributed by atoms with Crippen molar-refractivity contribution in [3.63, 3.8) is 0 Å². The molecule has 94 valence electrons. The van der Waals surface area contributed by atoms with Gasteiger partial charge in [0, 0.05) is 6.04 Å². The molecule has 0 aliphatic heterocycles. The van der Waals surface area contributed by atoms with E-state index < -0.39 is 11.7 Å². The number of hydrogen-bond acceptors (Lipinski definition) is 1. The maximum atomic E-state index is 12.8. The second-order valence-electron chi connectivity index (χ2n) is 5.53. The van der Waals surface area contributed by atoms with Gasteiger partial charge in [-0.25, -0.2) is 0 Å². The lowest BCUT2D eigenvalue weighted by Gasteiger charge is -2.26. The molecular formula is C12H20F3N. The van der Waals surface area contributed by atoms with Crippen molar-refractivity contribution in [3.05, 3.63) is 0 Å². The van der Waals surface area contributed by atoms with Crippen LogP contribution >= 0.6 is 0 Å². The van der Waals surface area contributed by atoms with Gasteiger partial charge in [0.25, 0.3) is 0 Å². The van der Waals surface area contributed by atoms with Crippen LogP contribution in [0.4, 0.5) is 13.2 Å². The zero-order valence-electron chi connectivity index (χ0n) is 9.74. The molecule has 16 heavy (non-hydrogen) atoms. The fraction of sp³-hybridized carbons (Fsp3) is 1.00. The highest BCUT2D eigenvalue weighted by Crippen LogP contribution is 2.49. The highest BCUT2D eigenvalue weighted by molar-refractivity contribution is 5.09. The zero-order valence-corrected chi connectivity index (χ0v) is 9.74. The van der Waals surface area contributed by atoms with Crippen LogP contribution in [0.1, 0.15) is 51.9 Å². The maximum Gasteiger partial charge on any atom is 0.406 e. The van der Waals surface area contributed by atoms with Crippen molar-refractivity contribution in [2.75, 3.05) is 0 Å². The highest BCUT2D eigenvalue weighted by Gasteiger charge is 2.63. The standard InChI is InChI=1S/C12H20F3N/c1-9-3-2-4-10(6-5-9)16-11(7-8-11)12(13,14)15/h9-10,16H,2-8H2,1H3. The van der Waals surface area contributed by atoms with Crippen molar-refractivity contribution in [3.8, 4) is 0 Å². The summed E-state index contributed by atoms with van der Waals surface area (Å²) in [4.78, 5) is 0. The number of alkyl halides is 3. The molecule has 2 aliphatic carbocycles. The van der Waals surface area contributed by atoms with Crippen LogP contribution in [0.25, 0.3) is 0 Å². The van der Waals surface area contributed by atoms with Crippen molar-refractivity contribution in [2.24, 2.45) is 5.92 Å². The molecule has 0 aromatic carbocycles. The third-order valence-electron chi connectivity index (χ3n) is 4.03. The number of nitrogens with one attached hydrogen (secondary N) is 1. The third kappa shape index (κ3) is 2.53. The molecule has 1 nitrogen and oxygen atoms in total. The second kappa shape index (κ2) is 4.21. The normalized spacial score (nSPS) is 34.5. The van der Waals surface area contributed by atoms with Crippen LogP contribution in [-0.4, -0.2) is 17.8 Å². The van der Waals surface area contributed by atoms with Gasteiger partial charge >= 0.3 is 6.18 Å². The quantitative estimate of drug-likeness (QED) is 0.720. The summed E-state index contributed by atoms with van der Waals surface area (Å²) in [6, 6.07) is 0.0778. The summed E-state index contributed by atoms with van der Waals surface area (Å²) < 4.78 is 38.3. The molecular weight excluding hydrogens is 215 g/mol. The van der Waals surface area contributed by atoms with E-state index in [1.165, 1.54) is 0 Å². The lowest BCUT2D eigenvalue weighted by atomic mass is 10.0. The predicted molar refractivity (Wildman–Crippen MR) is 57.2 cm³/mol. The van der Waals surface area contributed by atoms with Crippen molar-refractivity contribution < 1.29 is 13.2 Å². The molecule has 2 atom stereocenters. The van der Waals surface area contributed by atoms with E-state index >= 15 is 0 Å². The fourth-order valence-electron chi connectivity index (χ4n) is 2.66. The molecule has 0 bridgehead atoms. The smallest absolute Gasteiger partial charge is 0.301 e. The lowest BCUT2D eigenvalue weighted by Crippen LogP contribution is -2.49. The largest absolute Gasteiger partial charge is 0.406 e. The second-order valence-corrected chi connectivity index (χ2v) is 5.53. The molecule has 2 rings (SSSR count). The van der Waals surface area contributed by atoms with E-state index in [2.05, 4.69) is 12.2 Å². The summed E-state index contributed by atoms with van der Waals surface area (Å²) in [5, 5.41) is 2.88. The van der Waals surface area contributed by atoms with E-state index in [1.807, 2.05) is 0 Å². The SMILES string of the molecule is CC1CCCC(NC2(C(F)(F)F)CC2)CC1. The Morgan fingerprint density at radius 1 is 1.06 bits per heavy atom. The van der Waals surface area contributed by atoms with Crippen LogP contribution in [0.3, 0.4) is 0 Å². The third-order valence-corrected chi connectivity index (χ3v) is 4.03. The fourth-order valence-corrected chi connectivity index (χ4v) is 2.66. The van der Waals surface area contributed by atoms with E-state index in [1.54, 1.807) is 0 Å². The summed E-state index contributed by atoms with van der Waals surface area (Å²) in [7, 11) is 0. The molecule has 2 aliphatic rings. The van der Waals surface area contributed by atoms with Gasteiger partial charge in [-0.2, -0.15) is 13.2 Å². The minimum absolute atomic E-state index is 0.0778. The summed E-state index contributed by atoms with van der Waals surface area (Å²) in [6.07, 6.45) is 1.56. The molecule has 0 saturated heterocycles. The molecule has 2 unspecified atom stereocenters. The molecule has 0 aromatic heterocycles. The lowest BCUT2D eigenvalue weighted by molar-refractivity contribution is -0.168. The molecule has 0 spiro atoms. The first kappa shape index (κ1) is 12.2. The van der Waals surface area contributed by atoms with Crippen LogP contribution in [0, 0.1) is 5.92 Å². The summed E-state index contributed by atoms with van der Waals surface area (Å²) in [5.41, 5.74) is -1.52. The first-order valence-corrected chi connectivity index (χ1v) is 6.27. The average Bonchev–Trinajstić information content (AvgIpc) is 2.94. The topological polar surface area (TPSA) is 12.0 Å². The van der Waals surface area contributed by atoms with Crippen molar-refractivity contribution in [1.82, 2.24) is 5.32 Å². The Balaban J connectivity index is 1.90. The zero-order chi connectivity index (χ0) is 11.8. The number of hydrogen-bond donors (Lipinski definition) is 1. The maximum absolute atomic E-state index is 12.8. The van der Waals surface area contributed by atoms with E-state index in [9.17, 15) is 13.2 Å². The minimum Gasteiger partial charge on any atom is -0.301 e. The summed E-state index contributed by atoms with van der Waals surface area (Å²) in [5.74, 6) is 0.674. The Bertz CT molecular complexity index is 245. The molecule has 0 radical (unpaired) electrons. The van der Waals surface area contributed by atoms with Gasteiger partial charge in [-0.1, -0.05) is 19.8 Å². The van der Waals surface area contributed by atoms with E-state index in [0.717, 1.165) is 32.1 Å². The van der Waals surface area contributed by atoms with E-state index in [4.69, 9.17) is 0 Å². The Kier molecular flexibility index (Phi) is 3.21. The van der Waals surface area contributed by atoms with Crippen LogP contribution in [0.15, 0.2) is 0 Å². The van der Waals surface area contributed by atoms with Gasteiger partial charge in [-0.05, 0) is 38.0 Å². The molecule has 0 aromatic rings. The number of rotatable bonds is 2.